The zero-order valence-electron chi connectivity index (χ0n) is 18.4. The van der Waals surface area contributed by atoms with Gasteiger partial charge in [-0.3, -0.25) is 14.4 Å². The van der Waals surface area contributed by atoms with Crippen LogP contribution in [0, 0.1) is 0 Å². The second-order valence-electron chi connectivity index (χ2n) is 7.41. The number of rotatable bonds is 9. The Kier molecular flexibility index (Phi) is 8.31. The lowest BCUT2D eigenvalue weighted by Crippen LogP contribution is -2.49. The number of nitrogens with zero attached hydrogens (tertiary/aromatic N) is 1. The topological polar surface area (TPSA) is 142 Å². The summed E-state index contributed by atoms with van der Waals surface area (Å²) < 4.78 is 34.0. The summed E-state index contributed by atoms with van der Waals surface area (Å²) in [5.41, 5.74) is 0.739. The smallest absolute Gasteiger partial charge is 0.325 e. The maximum absolute atomic E-state index is 13.3. The number of thiophene rings is 1. The van der Waals surface area contributed by atoms with Gasteiger partial charge in [0.05, 0.1) is 21.2 Å². The van der Waals surface area contributed by atoms with E-state index in [0.717, 1.165) is 18.4 Å². The Morgan fingerprint density at radius 1 is 1.32 bits per heavy atom. The van der Waals surface area contributed by atoms with Gasteiger partial charge in [0, 0.05) is 25.2 Å². The number of aliphatic hydroxyl groups excluding tert-OH is 1. The Hall–Kier alpha value is -2.51. The molecule has 0 saturated carbocycles. The van der Waals surface area contributed by atoms with Crippen molar-refractivity contribution >= 4 is 56.4 Å². The van der Waals surface area contributed by atoms with E-state index in [4.69, 9.17) is 16.3 Å². The highest BCUT2D eigenvalue weighted by Crippen LogP contribution is 2.31. The molecule has 0 aliphatic carbocycles. The minimum atomic E-state index is -4.27. The highest BCUT2D eigenvalue weighted by molar-refractivity contribution is 7.89. The molecule has 10 nitrogen and oxygen atoms in total. The second kappa shape index (κ2) is 10.8. The SMILES string of the molecule is CCc1c(N2CC[C@@H](O)C2=O)cccc1S(=O)(=O)N[C@@H](CNC(=O)c1ccc(Cl)s1)C(=O)OC. The van der Waals surface area contributed by atoms with Crippen LogP contribution in [-0.2, 0) is 30.8 Å². The number of benzene rings is 1. The van der Waals surface area contributed by atoms with Crippen LogP contribution in [0.4, 0.5) is 5.69 Å². The average molecular weight is 530 g/mol. The third kappa shape index (κ3) is 5.58. The van der Waals surface area contributed by atoms with Crippen LogP contribution in [0.5, 0.6) is 0 Å². The van der Waals surface area contributed by atoms with Crippen LogP contribution in [0.15, 0.2) is 35.2 Å². The molecule has 2 heterocycles. The maximum Gasteiger partial charge on any atom is 0.325 e. The minimum Gasteiger partial charge on any atom is -0.468 e. The van der Waals surface area contributed by atoms with Crippen LogP contribution < -0.4 is 14.9 Å². The van der Waals surface area contributed by atoms with Crippen LogP contribution in [0.1, 0.15) is 28.6 Å². The minimum absolute atomic E-state index is 0.119. The summed E-state index contributed by atoms with van der Waals surface area (Å²) in [5.74, 6) is -1.91. The van der Waals surface area contributed by atoms with E-state index in [1.54, 1.807) is 19.1 Å². The van der Waals surface area contributed by atoms with E-state index in [1.807, 2.05) is 0 Å². The summed E-state index contributed by atoms with van der Waals surface area (Å²) in [6, 6.07) is 6.11. The number of hydrogen-bond acceptors (Lipinski definition) is 8. The van der Waals surface area contributed by atoms with Crippen molar-refractivity contribution in [1.82, 2.24) is 10.0 Å². The number of ether oxygens (including phenoxy) is 1. The number of esters is 1. The summed E-state index contributed by atoms with van der Waals surface area (Å²) >= 11 is 6.87. The molecule has 34 heavy (non-hydrogen) atoms. The van der Waals surface area contributed by atoms with Gasteiger partial charge in [0.1, 0.15) is 12.1 Å². The lowest BCUT2D eigenvalue weighted by Gasteiger charge is -2.23. The van der Waals surface area contributed by atoms with Gasteiger partial charge in [-0.1, -0.05) is 24.6 Å². The predicted octanol–water partition coefficient (Wildman–Crippen LogP) is 1.31. The van der Waals surface area contributed by atoms with Gasteiger partial charge in [-0.2, -0.15) is 4.72 Å². The fraction of sp³-hybridized carbons (Fsp3) is 0.381. The van der Waals surface area contributed by atoms with E-state index in [2.05, 4.69) is 10.0 Å². The predicted molar refractivity (Wildman–Crippen MR) is 127 cm³/mol. The normalized spacial score (nSPS) is 17.0. The van der Waals surface area contributed by atoms with Crippen LogP contribution in [0.2, 0.25) is 4.34 Å². The molecule has 0 bridgehead atoms. The molecule has 0 radical (unpaired) electrons. The molecule has 3 rings (SSSR count). The van der Waals surface area contributed by atoms with Crippen molar-refractivity contribution in [3.8, 4) is 0 Å². The molecule has 0 spiro atoms. The Labute approximate surface area is 205 Å². The molecule has 1 saturated heterocycles. The van der Waals surface area contributed by atoms with Crippen molar-refractivity contribution in [3.63, 3.8) is 0 Å². The lowest BCUT2D eigenvalue weighted by atomic mass is 10.1. The van der Waals surface area contributed by atoms with Crippen molar-refractivity contribution in [2.75, 3.05) is 25.1 Å². The number of sulfonamides is 1. The molecule has 1 aromatic heterocycles. The van der Waals surface area contributed by atoms with Crippen LogP contribution in [0.3, 0.4) is 0 Å². The number of aliphatic hydroxyl groups is 1. The van der Waals surface area contributed by atoms with Gasteiger partial charge in [-0.15, -0.1) is 11.3 Å². The quantitative estimate of drug-likeness (QED) is 0.416. The average Bonchev–Trinajstić information content (AvgIpc) is 3.40. The molecule has 184 valence electrons. The third-order valence-corrected chi connectivity index (χ3v) is 8.05. The number of carbonyl (C=O) groups excluding carboxylic acids is 3. The first kappa shape index (κ1) is 26.1. The van der Waals surface area contributed by atoms with Crippen LogP contribution >= 0.6 is 22.9 Å². The summed E-state index contributed by atoms with van der Waals surface area (Å²) in [6.07, 6.45) is -0.615. The number of anilines is 1. The highest BCUT2D eigenvalue weighted by atomic mass is 35.5. The van der Waals surface area contributed by atoms with E-state index >= 15 is 0 Å². The Balaban J connectivity index is 1.85. The molecule has 2 aromatic rings. The summed E-state index contributed by atoms with van der Waals surface area (Å²) in [7, 11) is -3.17. The highest BCUT2D eigenvalue weighted by Gasteiger charge is 2.34. The third-order valence-electron chi connectivity index (χ3n) is 5.27. The summed E-state index contributed by atoms with van der Waals surface area (Å²) in [4.78, 5) is 38.4. The molecule has 2 atom stereocenters. The summed E-state index contributed by atoms with van der Waals surface area (Å²) in [6.45, 7) is 1.63. The zero-order valence-corrected chi connectivity index (χ0v) is 20.8. The number of hydrogen-bond donors (Lipinski definition) is 3. The number of halogens is 1. The number of amides is 2. The first-order chi connectivity index (χ1) is 16.1. The van der Waals surface area contributed by atoms with E-state index in [-0.39, 0.29) is 30.8 Å². The van der Waals surface area contributed by atoms with Gasteiger partial charge in [0.25, 0.3) is 11.8 Å². The molecule has 1 aliphatic rings. The van der Waals surface area contributed by atoms with Crippen LogP contribution in [0.25, 0.3) is 0 Å². The standard InChI is InChI=1S/C21H24ClN3O7S2/c1-3-12-14(25-10-9-15(26)20(25)28)5-4-6-17(12)34(30,31)24-13(21(29)32-2)11-23-19(27)16-7-8-18(22)33-16/h4-8,13,15,24,26H,3,9-11H2,1-2H3,(H,23,27)/t13-,15+/m0/s1. The van der Waals surface area contributed by atoms with Crippen molar-refractivity contribution in [3.05, 3.63) is 45.1 Å². The van der Waals surface area contributed by atoms with Gasteiger partial charge in [0.15, 0.2) is 0 Å². The molecule has 1 fully saturated rings. The first-order valence-electron chi connectivity index (χ1n) is 10.3. The summed E-state index contributed by atoms with van der Waals surface area (Å²) in [5, 5.41) is 12.3. The van der Waals surface area contributed by atoms with Gasteiger partial charge in [-0.25, -0.2) is 8.42 Å². The Morgan fingerprint density at radius 2 is 2.06 bits per heavy atom. The van der Waals surface area contributed by atoms with Crippen LogP contribution in [-0.4, -0.2) is 63.7 Å². The van der Waals surface area contributed by atoms with Crippen molar-refractivity contribution in [2.24, 2.45) is 0 Å². The fourth-order valence-corrected chi connectivity index (χ4v) is 6.07. The number of nitrogens with one attached hydrogen (secondary N) is 2. The van der Waals surface area contributed by atoms with Crippen molar-refractivity contribution in [1.29, 1.82) is 0 Å². The first-order valence-corrected chi connectivity index (χ1v) is 13.0. The van der Waals surface area contributed by atoms with E-state index in [1.165, 1.54) is 23.1 Å². The maximum atomic E-state index is 13.3. The molecule has 1 aromatic carbocycles. The fourth-order valence-electron chi connectivity index (χ4n) is 3.60. The number of methoxy groups -OCH3 is 1. The molecular formula is C21H24ClN3O7S2. The Bertz CT molecular complexity index is 1200. The lowest BCUT2D eigenvalue weighted by molar-refractivity contribution is -0.142. The van der Waals surface area contributed by atoms with E-state index in [9.17, 15) is 27.9 Å². The second-order valence-corrected chi connectivity index (χ2v) is 10.8. The zero-order chi connectivity index (χ0) is 25.0. The van der Waals surface area contributed by atoms with Gasteiger partial charge >= 0.3 is 5.97 Å². The van der Waals surface area contributed by atoms with E-state index < -0.39 is 40.0 Å². The van der Waals surface area contributed by atoms with Gasteiger partial charge in [-0.05, 0) is 36.2 Å². The molecule has 1 aliphatic heterocycles. The molecule has 0 unspecified atom stereocenters. The molecule has 2 amide bonds. The molecule has 3 N–H and O–H groups in total. The van der Waals surface area contributed by atoms with E-state index in [0.29, 0.717) is 20.5 Å². The van der Waals surface area contributed by atoms with Gasteiger partial charge in [0.2, 0.25) is 10.0 Å². The van der Waals surface area contributed by atoms with Gasteiger partial charge < -0.3 is 20.1 Å². The largest absolute Gasteiger partial charge is 0.468 e. The molecular weight excluding hydrogens is 506 g/mol. The monoisotopic (exact) mass is 529 g/mol. The number of carbonyl (C=O) groups is 3. The molecule has 13 heteroatoms. The Morgan fingerprint density at radius 3 is 2.62 bits per heavy atom. The van der Waals surface area contributed by atoms with Crippen molar-refractivity contribution in [2.45, 2.75) is 36.8 Å². The van der Waals surface area contributed by atoms with Crippen molar-refractivity contribution < 1.29 is 32.6 Å².